The molecule has 1 aromatic heterocycles. The zero-order valence-corrected chi connectivity index (χ0v) is 22.1. The van der Waals surface area contributed by atoms with Crippen molar-refractivity contribution in [2.24, 2.45) is 0 Å². The molecule has 0 saturated heterocycles. The van der Waals surface area contributed by atoms with E-state index in [4.69, 9.17) is 4.74 Å². The highest BCUT2D eigenvalue weighted by Gasteiger charge is 2.29. The van der Waals surface area contributed by atoms with E-state index >= 15 is 4.39 Å². The summed E-state index contributed by atoms with van der Waals surface area (Å²) in [5.41, 5.74) is 5.53. The Morgan fingerprint density at radius 2 is 1.92 bits per heavy atom. The van der Waals surface area contributed by atoms with Crippen LogP contribution in [-0.4, -0.2) is 40.9 Å². The Balaban J connectivity index is 1.39. The van der Waals surface area contributed by atoms with E-state index in [1.54, 1.807) is 24.1 Å². The molecule has 196 valence electrons. The third kappa shape index (κ3) is 5.26. The molecule has 6 nitrogen and oxygen atoms in total. The van der Waals surface area contributed by atoms with Crippen molar-refractivity contribution in [3.05, 3.63) is 101 Å². The van der Waals surface area contributed by atoms with Gasteiger partial charge in [-0.3, -0.25) is 9.36 Å². The van der Waals surface area contributed by atoms with Crippen LogP contribution >= 0.6 is 0 Å². The number of halogens is 1. The van der Waals surface area contributed by atoms with Gasteiger partial charge in [0.1, 0.15) is 23.6 Å². The van der Waals surface area contributed by atoms with Crippen molar-refractivity contribution >= 4 is 5.78 Å². The predicted molar refractivity (Wildman–Crippen MR) is 147 cm³/mol. The van der Waals surface area contributed by atoms with Crippen LogP contribution in [0, 0.1) is 5.82 Å². The summed E-state index contributed by atoms with van der Waals surface area (Å²) in [6, 6.07) is 20.5. The molecule has 5 rings (SSSR count). The topological polar surface area (TPSA) is 59.4 Å². The van der Waals surface area contributed by atoms with E-state index in [0.717, 1.165) is 47.6 Å². The summed E-state index contributed by atoms with van der Waals surface area (Å²) < 4.78 is 22.6. The highest BCUT2D eigenvalue weighted by Crippen LogP contribution is 2.32. The van der Waals surface area contributed by atoms with Gasteiger partial charge in [-0.2, -0.15) is 0 Å². The third-order valence-corrected chi connectivity index (χ3v) is 7.11. The number of nitrogens with zero attached hydrogens (tertiary/aromatic N) is 3. The number of hydrogen-bond donors (Lipinski definition) is 1. The van der Waals surface area contributed by atoms with Crippen LogP contribution in [0.2, 0.25) is 0 Å². The fraction of sp³-hybridized carbons (Fsp3) is 0.290. The van der Waals surface area contributed by atoms with Crippen LogP contribution < -0.4 is 10.1 Å². The second-order valence-electron chi connectivity index (χ2n) is 9.80. The maximum atomic E-state index is 15.6. The predicted octanol–water partition coefficient (Wildman–Crippen LogP) is 5.95. The van der Waals surface area contributed by atoms with Crippen LogP contribution in [0.1, 0.15) is 53.1 Å². The molecule has 0 amide bonds. The average Bonchev–Trinajstić information content (AvgIpc) is 3.28. The SMILES string of the molecule is CCCN(C)Cc1ccccc1-c1ccc(C2CC(=O)c3c(ncn3-c3ccc(OC)cc3)CN2)c(F)c1. The molecule has 0 saturated carbocycles. The van der Waals surface area contributed by atoms with Gasteiger partial charge in [0, 0.05) is 36.8 Å². The standard InChI is InChI=1S/C31H33FN4O2/c1-4-15-35(2)19-22-7-5-6-8-25(22)21-9-14-26(27(32)16-21)28-17-30(37)31-29(18-33-28)34-20-36(31)23-10-12-24(38-3)13-11-23/h5-14,16,20,28,33H,4,15,17-19H2,1-3H3. The molecule has 0 fully saturated rings. The number of rotatable bonds is 8. The lowest BCUT2D eigenvalue weighted by Gasteiger charge is -2.20. The summed E-state index contributed by atoms with van der Waals surface area (Å²) in [6.07, 6.45) is 2.89. The summed E-state index contributed by atoms with van der Waals surface area (Å²) in [7, 11) is 3.72. The van der Waals surface area contributed by atoms with Gasteiger partial charge in [-0.05, 0) is 67.0 Å². The molecule has 0 radical (unpaired) electrons. The van der Waals surface area contributed by atoms with Crippen LogP contribution in [0.25, 0.3) is 16.8 Å². The Morgan fingerprint density at radius 1 is 1.13 bits per heavy atom. The zero-order valence-electron chi connectivity index (χ0n) is 22.1. The normalized spacial score (nSPS) is 15.4. The Kier molecular flexibility index (Phi) is 7.67. The molecule has 1 unspecified atom stereocenters. The molecule has 1 atom stereocenters. The number of hydrogen-bond acceptors (Lipinski definition) is 5. The van der Waals surface area contributed by atoms with Gasteiger partial charge in [-0.15, -0.1) is 0 Å². The van der Waals surface area contributed by atoms with Crippen LogP contribution in [0.15, 0.2) is 73.1 Å². The molecule has 0 bridgehead atoms. The first-order chi connectivity index (χ1) is 18.5. The maximum Gasteiger partial charge on any atom is 0.183 e. The zero-order chi connectivity index (χ0) is 26.6. The second kappa shape index (κ2) is 11.3. The number of nitrogens with one attached hydrogen (secondary N) is 1. The van der Waals surface area contributed by atoms with E-state index < -0.39 is 6.04 Å². The van der Waals surface area contributed by atoms with Crippen molar-refractivity contribution in [2.75, 3.05) is 20.7 Å². The van der Waals surface area contributed by atoms with Crippen LogP contribution in [0.3, 0.4) is 0 Å². The summed E-state index contributed by atoms with van der Waals surface area (Å²) in [5, 5.41) is 3.36. The van der Waals surface area contributed by atoms with E-state index in [9.17, 15) is 4.79 Å². The number of methoxy groups -OCH3 is 1. The monoisotopic (exact) mass is 512 g/mol. The molecule has 38 heavy (non-hydrogen) atoms. The molecule has 2 heterocycles. The van der Waals surface area contributed by atoms with Gasteiger partial charge in [-0.1, -0.05) is 43.3 Å². The number of carbonyl (C=O) groups is 1. The first kappa shape index (κ1) is 25.8. The van der Waals surface area contributed by atoms with Gasteiger partial charge >= 0.3 is 0 Å². The van der Waals surface area contributed by atoms with Crippen molar-refractivity contribution in [1.82, 2.24) is 19.8 Å². The van der Waals surface area contributed by atoms with E-state index in [2.05, 4.69) is 35.2 Å². The van der Waals surface area contributed by atoms with Crippen LogP contribution in [-0.2, 0) is 13.1 Å². The Labute approximate surface area is 223 Å². The lowest BCUT2D eigenvalue weighted by Crippen LogP contribution is -2.21. The number of fused-ring (bicyclic) bond motifs is 1. The van der Waals surface area contributed by atoms with Crippen molar-refractivity contribution < 1.29 is 13.9 Å². The molecule has 7 heteroatoms. The van der Waals surface area contributed by atoms with E-state index in [1.807, 2.05) is 54.6 Å². The van der Waals surface area contributed by atoms with Crippen molar-refractivity contribution in [3.8, 4) is 22.6 Å². The first-order valence-corrected chi connectivity index (χ1v) is 13.0. The van der Waals surface area contributed by atoms with Crippen LogP contribution in [0.5, 0.6) is 5.75 Å². The van der Waals surface area contributed by atoms with E-state index in [1.165, 1.54) is 0 Å². The number of ketones is 1. The lowest BCUT2D eigenvalue weighted by atomic mass is 9.95. The van der Waals surface area contributed by atoms with E-state index in [0.29, 0.717) is 23.5 Å². The summed E-state index contributed by atoms with van der Waals surface area (Å²) in [4.78, 5) is 20.2. The highest BCUT2D eigenvalue weighted by molar-refractivity contribution is 5.97. The van der Waals surface area contributed by atoms with Crippen molar-refractivity contribution in [2.45, 2.75) is 38.9 Å². The molecule has 0 spiro atoms. The summed E-state index contributed by atoms with van der Waals surface area (Å²) >= 11 is 0. The molecule has 1 aliphatic heterocycles. The van der Waals surface area contributed by atoms with Gasteiger partial charge in [0.25, 0.3) is 0 Å². The molecular formula is C31H33FN4O2. The molecule has 4 aromatic rings. The minimum atomic E-state index is -0.444. The number of benzene rings is 3. The lowest BCUT2D eigenvalue weighted by molar-refractivity contribution is 0.0966. The van der Waals surface area contributed by atoms with Gasteiger partial charge in [-0.25, -0.2) is 9.37 Å². The molecule has 3 aromatic carbocycles. The van der Waals surface area contributed by atoms with Gasteiger partial charge < -0.3 is 15.0 Å². The second-order valence-corrected chi connectivity index (χ2v) is 9.80. The van der Waals surface area contributed by atoms with Gasteiger partial charge in [0.05, 0.1) is 12.8 Å². The number of ether oxygens (including phenoxy) is 1. The minimum Gasteiger partial charge on any atom is -0.497 e. The van der Waals surface area contributed by atoms with Crippen molar-refractivity contribution in [3.63, 3.8) is 0 Å². The summed E-state index contributed by atoms with van der Waals surface area (Å²) in [6.45, 7) is 4.34. The van der Waals surface area contributed by atoms with E-state index in [-0.39, 0.29) is 18.0 Å². The number of carbonyl (C=O) groups excluding carboxylic acids is 1. The van der Waals surface area contributed by atoms with Gasteiger partial charge in [0.15, 0.2) is 5.78 Å². The summed E-state index contributed by atoms with van der Waals surface area (Å²) in [5.74, 6) is 0.348. The maximum absolute atomic E-state index is 15.6. The Bertz CT molecular complexity index is 1430. The largest absolute Gasteiger partial charge is 0.497 e. The molecular weight excluding hydrogens is 479 g/mol. The average molecular weight is 513 g/mol. The highest BCUT2D eigenvalue weighted by atomic mass is 19.1. The molecule has 0 aliphatic carbocycles. The smallest absolute Gasteiger partial charge is 0.183 e. The fourth-order valence-electron chi connectivity index (χ4n) is 5.21. The molecule has 1 N–H and O–H groups in total. The van der Waals surface area contributed by atoms with Crippen molar-refractivity contribution in [1.29, 1.82) is 0 Å². The Morgan fingerprint density at radius 3 is 2.66 bits per heavy atom. The Hall–Kier alpha value is -3.81. The number of imidazole rings is 1. The van der Waals surface area contributed by atoms with Gasteiger partial charge in [0.2, 0.25) is 0 Å². The quantitative estimate of drug-likeness (QED) is 0.316. The number of aromatic nitrogens is 2. The number of Topliss-reactive ketones (excluding diaryl/α,β-unsaturated/α-hetero) is 1. The first-order valence-electron chi connectivity index (χ1n) is 13.0. The van der Waals surface area contributed by atoms with Crippen LogP contribution in [0.4, 0.5) is 4.39 Å². The minimum absolute atomic E-state index is 0.0731. The third-order valence-electron chi connectivity index (χ3n) is 7.11. The fourth-order valence-corrected chi connectivity index (χ4v) is 5.21. The molecule has 1 aliphatic rings.